The molecule has 2 aromatic carbocycles. The summed E-state index contributed by atoms with van der Waals surface area (Å²) in [6.45, 7) is 7.99. The number of para-hydroxylation sites is 1. The first-order chi connectivity index (χ1) is 14.6. The third kappa shape index (κ3) is 5.18. The average Bonchev–Trinajstić information content (AvgIpc) is 2.76. The zero-order valence-electron chi connectivity index (χ0n) is 17.4. The molecule has 7 heteroatoms. The molecule has 2 heterocycles. The fourth-order valence-corrected chi connectivity index (χ4v) is 4.29. The van der Waals surface area contributed by atoms with E-state index in [0.29, 0.717) is 13.2 Å². The van der Waals surface area contributed by atoms with E-state index in [1.165, 1.54) is 11.3 Å². The predicted molar refractivity (Wildman–Crippen MR) is 121 cm³/mol. The van der Waals surface area contributed by atoms with Crippen LogP contribution in [0.15, 0.2) is 42.5 Å². The molecule has 0 unspecified atom stereocenters. The van der Waals surface area contributed by atoms with Crippen LogP contribution >= 0.6 is 11.6 Å². The van der Waals surface area contributed by atoms with E-state index in [0.717, 1.165) is 55.5 Å². The van der Waals surface area contributed by atoms with Crippen LogP contribution in [0.5, 0.6) is 5.75 Å². The van der Waals surface area contributed by atoms with Crippen molar-refractivity contribution in [1.29, 1.82) is 0 Å². The molecule has 160 valence electrons. The van der Waals surface area contributed by atoms with Crippen molar-refractivity contribution in [1.82, 2.24) is 15.5 Å². The first-order valence-corrected chi connectivity index (χ1v) is 10.9. The Bertz CT molecular complexity index is 883. The van der Waals surface area contributed by atoms with Gasteiger partial charge in [-0.1, -0.05) is 35.9 Å². The smallest absolute Gasteiger partial charge is 0.315 e. The van der Waals surface area contributed by atoms with Gasteiger partial charge in [-0.3, -0.25) is 4.90 Å². The Labute approximate surface area is 183 Å². The number of carbonyl (C=O) groups is 1. The minimum atomic E-state index is -0.129. The third-order valence-electron chi connectivity index (χ3n) is 5.81. The number of carbonyl (C=O) groups excluding carboxylic acids is 1. The highest BCUT2D eigenvalue weighted by molar-refractivity contribution is 6.30. The van der Waals surface area contributed by atoms with Crippen molar-refractivity contribution in [2.24, 2.45) is 0 Å². The molecule has 1 fully saturated rings. The van der Waals surface area contributed by atoms with E-state index < -0.39 is 0 Å². The standard InChI is InChI=1S/C23H29ClN4O2/c1-17-6-7-19(24)15-21(17)28-12-10-27(11-13-28)9-8-25-23(29)26-20-14-18-4-2-3-5-22(18)30-16-20/h2-7,15,20H,8-14,16H2,1H3,(H2,25,26,29)/t20-/m0/s1. The van der Waals surface area contributed by atoms with Gasteiger partial charge in [0.2, 0.25) is 0 Å². The van der Waals surface area contributed by atoms with Crippen LogP contribution in [0, 0.1) is 6.92 Å². The molecular formula is C23H29ClN4O2. The molecule has 4 rings (SSSR count). The van der Waals surface area contributed by atoms with Crippen LogP contribution in [0.25, 0.3) is 0 Å². The quantitative estimate of drug-likeness (QED) is 0.768. The fraction of sp³-hybridized carbons (Fsp3) is 0.435. The summed E-state index contributed by atoms with van der Waals surface area (Å²) in [5.41, 5.74) is 3.61. The van der Waals surface area contributed by atoms with Gasteiger partial charge in [0.25, 0.3) is 0 Å². The number of aryl methyl sites for hydroxylation is 1. The summed E-state index contributed by atoms with van der Waals surface area (Å²) in [6.07, 6.45) is 0.800. The Morgan fingerprint density at radius 2 is 1.97 bits per heavy atom. The summed E-state index contributed by atoms with van der Waals surface area (Å²) < 4.78 is 5.74. The second-order valence-electron chi connectivity index (χ2n) is 7.98. The maximum absolute atomic E-state index is 12.3. The highest BCUT2D eigenvalue weighted by atomic mass is 35.5. The van der Waals surface area contributed by atoms with E-state index in [2.05, 4.69) is 33.4 Å². The number of amides is 2. The molecule has 0 bridgehead atoms. The van der Waals surface area contributed by atoms with Crippen LogP contribution < -0.4 is 20.3 Å². The summed E-state index contributed by atoms with van der Waals surface area (Å²) in [4.78, 5) is 17.0. The van der Waals surface area contributed by atoms with Crippen LogP contribution in [0.3, 0.4) is 0 Å². The highest BCUT2D eigenvalue weighted by Crippen LogP contribution is 2.25. The number of ether oxygens (including phenoxy) is 1. The number of anilines is 1. The van der Waals surface area contributed by atoms with Crippen molar-refractivity contribution in [3.63, 3.8) is 0 Å². The van der Waals surface area contributed by atoms with E-state index in [1.54, 1.807) is 0 Å². The number of rotatable bonds is 5. The van der Waals surface area contributed by atoms with Crippen molar-refractivity contribution in [2.45, 2.75) is 19.4 Å². The number of halogens is 1. The van der Waals surface area contributed by atoms with Crippen molar-refractivity contribution in [3.8, 4) is 5.75 Å². The first-order valence-electron chi connectivity index (χ1n) is 10.6. The average molecular weight is 429 g/mol. The van der Waals surface area contributed by atoms with Gasteiger partial charge in [0.15, 0.2) is 0 Å². The number of nitrogens with one attached hydrogen (secondary N) is 2. The molecule has 30 heavy (non-hydrogen) atoms. The summed E-state index contributed by atoms with van der Waals surface area (Å²) in [5.74, 6) is 0.920. The first kappa shape index (κ1) is 20.8. The van der Waals surface area contributed by atoms with Gasteiger partial charge in [-0.2, -0.15) is 0 Å². The lowest BCUT2D eigenvalue weighted by Gasteiger charge is -2.37. The number of nitrogens with zero attached hydrogens (tertiary/aromatic N) is 2. The zero-order valence-corrected chi connectivity index (χ0v) is 18.1. The summed E-state index contributed by atoms with van der Waals surface area (Å²) in [7, 11) is 0. The van der Waals surface area contributed by atoms with Gasteiger partial charge in [-0.15, -0.1) is 0 Å². The third-order valence-corrected chi connectivity index (χ3v) is 6.05. The second kappa shape index (κ2) is 9.58. The topological polar surface area (TPSA) is 56.8 Å². The number of benzene rings is 2. The Morgan fingerprint density at radius 3 is 2.80 bits per heavy atom. The fourth-order valence-electron chi connectivity index (χ4n) is 4.12. The van der Waals surface area contributed by atoms with Crippen LogP contribution in [0.4, 0.5) is 10.5 Å². The Balaban J connectivity index is 1.16. The Morgan fingerprint density at radius 1 is 1.17 bits per heavy atom. The van der Waals surface area contributed by atoms with Gasteiger partial charge in [0.05, 0.1) is 6.04 Å². The van der Waals surface area contributed by atoms with Crippen LogP contribution in [0.1, 0.15) is 11.1 Å². The molecule has 0 saturated carbocycles. The van der Waals surface area contributed by atoms with Gasteiger partial charge in [-0.05, 0) is 42.7 Å². The van der Waals surface area contributed by atoms with Crippen molar-refractivity contribution in [3.05, 3.63) is 58.6 Å². The number of hydrogen-bond acceptors (Lipinski definition) is 4. The maximum atomic E-state index is 12.3. The molecule has 0 aromatic heterocycles. The number of hydrogen-bond donors (Lipinski definition) is 2. The minimum absolute atomic E-state index is 0.00406. The maximum Gasteiger partial charge on any atom is 0.315 e. The van der Waals surface area contributed by atoms with Gasteiger partial charge in [-0.25, -0.2) is 4.79 Å². The SMILES string of the molecule is Cc1ccc(Cl)cc1N1CCN(CCNC(=O)N[C@@H]2COc3ccccc3C2)CC1. The lowest BCUT2D eigenvalue weighted by molar-refractivity contribution is 0.211. The summed E-state index contributed by atoms with van der Waals surface area (Å²) in [6, 6.07) is 13.9. The largest absolute Gasteiger partial charge is 0.491 e. The monoisotopic (exact) mass is 428 g/mol. The Hall–Kier alpha value is -2.44. The van der Waals surface area contributed by atoms with Gasteiger partial charge >= 0.3 is 6.03 Å². The molecule has 1 atom stereocenters. The van der Waals surface area contributed by atoms with Crippen molar-refractivity contribution < 1.29 is 9.53 Å². The number of piperazine rings is 1. The van der Waals surface area contributed by atoms with Crippen molar-refractivity contribution >= 4 is 23.3 Å². The number of urea groups is 1. The molecule has 2 N–H and O–H groups in total. The van der Waals surface area contributed by atoms with Gasteiger partial charge < -0.3 is 20.3 Å². The molecule has 0 spiro atoms. The van der Waals surface area contributed by atoms with E-state index >= 15 is 0 Å². The molecule has 1 saturated heterocycles. The van der Waals surface area contributed by atoms with Crippen molar-refractivity contribution in [2.75, 3.05) is 50.8 Å². The van der Waals surface area contributed by atoms with Crippen LogP contribution in [-0.2, 0) is 6.42 Å². The van der Waals surface area contributed by atoms with Gasteiger partial charge in [0.1, 0.15) is 12.4 Å². The molecule has 2 amide bonds. The molecule has 0 radical (unpaired) electrons. The molecule has 6 nitrogen and oxygen atoms in total. The van der Waals surface area contributed by atoms with E-state index in [-0.39, 0.29) is 12.1 Å². The van der Waals surface area contributed by atoms with Crippen LogP contribution in [0.2, 0.25) is 5.02 Å². The normalized spacial score (nSPS) is 19.0. The predicted octanol–water partition coefficient (Wildman–Crippen LogP) is 3.07. The lowest BCUT2D eigenvalue weighted by Crippen LogP contribution is -2.51. The Kier molecular flexibility index (Phi) is 6.65. The van der Waals surface area contributed by atoms with E-state index in [9.17, 15) is 4.79 Å². The van der Waals surface area contributed by atoms with E-state index in [1.807, 2.05) is 36.4 Å². The molecule has 2 aliphatic heterocycles. The molecule has 0 aliphatic carbocycles. The second-order valence-corrected chi connectivity index (χ2v) is 8.42. The molecule has 2 aliphatic rings. The van der Waals surface area contributed by atoms with Gasteiger partial charge in [0, 0.05) is 50.0 Å². The lowest BCUT2D eigenvalue weighted by atomic mass is 10.0. The summed E-state index contributed by atoms with van der Waals surface area (Å²) in [5, 5.41) is 6.78. The summed E-state index contributed by atoms with van der Waals surface area (Å²) >= 11 is 6.17. The zero-order chi connectivity index (χ0) is 20.9. The highest BCUT2D eigenvalue weighted by Gasteiger charge is 2.21. The van der Waals surface area contributed by atoms with Crippen LogP contribution in [-0.4, -0.2) is 62.8 Å². The molecular weight excluding hydrogens is 400 g/mol. The number of fused-ring (bicyclic) bond motifs is 1. The minimum Gasteiger partial charge on any atom is -0.491 e. The van der Waals surface area contributed by atoms with E-state index in [4.69, 9.17) is 16.3 Å². The molecule has 2 aromatic rings.